The summed E-state index contributed by atoms with van der Waals surface area (Å²) in [5.74, 6) is 1.48. The highest BCUT2D eigenvalue weighted by Gasteiger charge is 2.20. The molecule has 0 fully saturated rings. The van der Waals surface area contributed by atoms with Crippen molar-refractivity contribution < 1.29 is 14.6 Å². The van der Waals surface area contributed by atoms with E-state index in [2.05, 4.69) is 22.9 Å². The van der Waals surface area contributed by atoms with E-state index >= 15 is 0 Å². The van der Waals surface area contributed by atoms with Crippen molar-refractivity contribution >= 4 is 15.9 Å². The minimum Gasteiger partial charge on any atom is -0.486 e. The first-order valence-electron chi connectivity index (χ1n) is 4.98. The maximum atomic E-state index is 9.26. The SMILES string of the molecule is CCc1c(CO)cc2c(c1Br)OCCO2. The summed E-state index contributed by atoms with van der Waals surface area (Å²) in [6, 6.07) is 1.86. The average Bonchev–Trinajstić information content (AvgIpc) is 2.29. The molecule has 1 aromatic carbocycles. The van der Waals surface area contributed by atoms with Crippen LogP contribution in [-0.2, 0) is 13.0 Å². The Hall–Kier alpha value is -0.740. The summed E-state index contributed by atoms with van der Waals surface area (Å²) in [6.07, 6.45) is 0.854. The molecule has 1 aliphatic rings. The highest BCUT2D eigenvalue weighted by atomic mass is 79.9. The van der Waals surface area contributed by atoms with Crippen molar-refractivity contribution in [2.45, 2.75) is 20.0 Å². The summed E-state index contributed by atoms with van der Waals surface area (Å²) in [7, 11) is 0. The third kappa shape index (κ3) is 1.84. The Bertz CT molecular complexity index is 362. The van der Waals surface area contributed by atoms with E-state index in [0.717, 1.165) is 33.5 Å². The lowest BCUT2D eigenvalue weighted by Gasteiger charge is -2.22. The molecule has 0 unspecified atom stereocenters. The van der Waals surface area contributed by atoms with Gasteiger partial charge < -0.3 is 14.6 Å². The fraction of sp³-hybridized carbons (Fsp3) is 0.455. The van der Waals surface area contributed by atoms with Gasteiger partial charge in [0.1, 0.15) is 13.2 Å². The molecule has 82 valence electrons. The molecule has 1 N–H and O–H groups in total. The van der Waals surface area contributed by atoms with E-state index in [1.807, 2.05) is 6.07 Å². The smallest absolute Gasteiger partial charge is 0.175 e. The molecule has 0 bridgehead atoms. The van der Waals surface area contributed by atoms with Crippen LogP contribution in [0.15, 0.2) is 10.5 Å². The Labute approximate surface area is 97.1 Å². The molecule has 4 heteroatoms. The van der Waals surface area contributed by atoms with Crippen LogP contribution in [0, 0.1) is 0 Å². The summed E-state index contributed by atoms with van der Waals surface area (Å²) in [5, 5.41) is 9.26. The Morgan fingerprint density at radius 1 is 1.40 bits per heavy atom. The zero-order valence-electron chi connectivity index (χ0n) is 8.55. The summed E-state index contributed by atoms with van der Waals surface area (Å²) < 4.78 is 11.9. The number of halogens is 1. The molecule has 0 saturated carbocycles. The second-order valence-electron chi connectivity index (χ2n) is 3.36. The molecular weight excluding hydrogens is 260 g/mol. The van der Waals surface area contributed by atoms with Crippen molar-refractivity contribution in [1.29, 1.82) is 0 Å². The van der Waals surface area contributed by atoms with Crippen LogP contribution in [-0.4, -0.2) is 18.3 Å². The average molecular weight is 273 g/mol. The van der Waals surface area contributed by atoms with Crippen molar-refractivity contribution in [2.75, 3.05) is 13.2 Å². The van der Waals surface area contributed by atoms with Gasteiger partial charge in [-0.15, -0.1) is 0 Å². The molecule has 0 atom stereocenters. The van der Waals surface area contributed by atoms with Crippen LogP contribution in [0.1, 0.15) is 18.1 Å². The predicted octanol–water partition coefficient (Wildman–Crippen LogP) is 2.28. The molecule has 0 amide bonds. The van der Waals surface area contributed by atoms with Crippen molar-refractivity contribution in [3.05, 3.63) is 21.7 Å². The molecule has 0 saturated heterocycles. The van der Waals surface area contributed by atoms with Gasteiger partial charge in [-0.1, -0.05) is 6.92 Å². The predicted molar refractivity (Wildman–Crippen MR) is 60.4 cm³/mol. The van der Waals surface area contributed by atoms with Gasteiger partial charge in [0.2, 0.25) is 0 Å². The third-order valence-corrected chi connectivity index (χ3v) is 3.33. The van der Waals surface area contributed by atoms with Crippen LogP contribution in [0.3, 0.4) is 0 Å². The quantitative estimate of drug-likeness (QED) is 0.898. The van der Waals surface area contributed by atoms with Gasteiger partial charge >= 0.3 is 0 Å². The van der Waals surface area contributed by atoms with Gasteiger partial charge in [-0.25, -0.2) is 0 Å². The van der Waals surface area contributed by atoms with Gasteiger partial charge in [0.25, 0.3) is 0 Å². The van der Waals surface area contributed by atoms with Gasteiger partial charge in [0.15, 0.2) is 11.5 Å². The third-order valence-electron chi connectivity index (χ3n) is 2.49. The Morgan fingerprint density at radius 2 is 2.13 bits per heavy atom. The van der Waals surface area contributed by atoms with Crippen LogP contribution in [0.25, 0.3) is 0 Å². The first-order chi connectivity index (χ1) is 7.27. The first kappa shape index (κ1) is 10.8. The zero-order valence-corrected chi connectivity index (χ0v) is 10.1. The van der Waals surface area contributed by atoms with Crippen molar-refractivity contribution in [2.24, 2.45) is 0 Å². The Morgan fingerprint density at radius 3 is 2.80 bits per heavy atom. The monoisotopic (exact) mass is 272 g/mol. The van der Waals surface area contributed by atoms with Crippen molar-refractivity contribution in [3.8, 4) is 11.5 Å². The van der Waals surface area contributed by atoms with Gasteiger partial charge in [-0.2, -0.15) is 0 Å². The molecule has 0 radical (unpaired) electrons. The summed E-state index contributed by atoms with van der Waals surface area (Å²) >= 11 is 3.50. The van der Waals surface area contributed by atoms with E-state index in [-0.39, 0.29) is 6.61 Å². The van der Waals surface area contributed by atoms with Gasteiger partial charge in [0, 0.05) is 0 Å². The highest BCUT2D eigenvalue weighted by molar-refractivity contribution is 9.10. The second kappa shape index (κ2) is 4.41. The molecule has 0 aliphatic carbocycles. The van der Waals surface area contributed by atoms with Gasteiger partial charge in [-0.3, -0.25) is 0 Å². The van der Waals surface area contributed by atoms with Gasteiger partial charge in [-0.05, 0) is 39.5 Å². The van der Waals surface area contributed by atoms with Crippen molar-refractivity contribution in [3.63, 3.8) is 0 Å². The molecule has 0 aromatic heterocycles. The highest BCUT2D eigenvalue weighted by Crippen LogP contribution is 2.41. The molecule has 0 spiro atoms. The maximum absolute atomic E-state index is 9.26. The fourth-order valence-electron chi connectivity index (χ4n) is 1.76. The number of ether oxygens (including phenoxy) is 2. The molecule has 1 aromatic rings. The number of hydrogen-bond donors (Lipinski definition) is 1. The summed E-state index contributed by atoms with van der Waals surface area (Å²) in [4.78, 5) is 0. The van der Waals surface area contributed by atoms with Crippen LogP contribution in [0.2, 0.25) is 0 Å². The van der Waals surface area contributed by atoms with E-state index in [1.54, 1.807) is 0 Å². The molecule has 2 rings (SSSR count). The molecule has 15 heavy (non-hydrogen) atoms. The minimum absolute atomic E-state index is 0.0262. The largest absolute Gasteiger partial charge is 0.486 e. The van der Waals surface area contributed by atoms with E-state index in [1.165, 1.54) is 0 Å². The molecule has 1 heterocycles. The molecule has 1 aliphatic heterocycles. The number of rotatable bonds is 2. The van der Waals surface area contributed by atoms with Crippen LogP contribution in [0.4, 0.5) is 0 Å². The standard InChI is InChI=1S/C11H13BrO3/c1-2-8-7(6-13)5-9-11(10(8)12)15-4-3-14-9/h5,13H,2-4,6H2,1H3. The number of fused-ring (bicyclic) bond motifs is 1. The number of hydrogen-bond acceptors (Lipinski definition) is 3. The lowest BCUT2D eigenvalue weighted by molar-refractivity contribution is 0.169. The van der Waals surface area contributed by atoms with E-state index in [9.17, 15) is 5.11 Å². The van der Waals surface area contributed by atoms with E-state index in [0.29, 0.717) is 13.2 Å². The lowest BCUT2D eigenvalue weighted by atomic mass is 10.0. The maximum Gasteiger partial charge on any atom is 0.175 e. The van der Waals surface area contributed by atoms with E-state index < -0.39 is 0 Å². The molecular formula is C11H13BrO3. The first-order valence-corrected chi connectivity index (χ1v) is 5.78. The Kier molecular flexibility index (Phi) is 3.17. The van der Waals surface area contributed by atoms with Crippen LogP contribution < -0.4 is 9.47 Å². The Balaban J connectivity index is 2.57. The lowest BCUT2D eigenvalue weighted by Crippen LogP contribution is -2.16. The van der Waals surface area contributed by atoms with Gasteiger partial charge in [0.05, 0.1) is 11.1 Å². The number of aliphatic hydroxyl groups excluding tert-OH is 1. The van der Waals surface area contributed by atoms with Crippen LogP contribution >= 0.6 is 15.9 Å². The number of aliphatic hydroxyl groups is 1. The topological polar surface area (TPSA) is 38.7 Å². The second-order valence-corrected chi connectivity index (χ2v) is 4.16. The summed E-state index contributed by atoms with van der Waals surface area (Å²) in [5.41, 5.74) is 1.98. The normalized spacial score (nSPS) is 14.1. The van der Waals surface area contributed by atoms with Crippen molar-refractivity contribution in [1.82, 2.24) is 0 Å². The van der Waals surface area contributed by atoms with Crippen LogP contribution in [0.5, 0.6) is 11.5 Å². The zero-order chi connectivity index (χ0) is 10.8. The minimum atomic E-state index is 0.0262. The fourth-order valence-corrected chi connectivity index (χ4v) is 2.60. The molecule has 3 nitrogen and oxygen atoms in total. The van der Waals surface area contributed by atoms with E-state index in [4.69, 9.17) is 9.47 Å². The summed E-state index contributed by atoms with van der Waals surface area (Å²) in [6.45, 7) is 3.22. The number of benzene rings is 1.